The van der Waals surface area contributed by atoms with Gasteiger partial charge in [-0.3, -0.25) is 0 Å². The Bertz CT molecular complexity index is 585. The molecule has 2 aromatic rings. The van der Waals surface area contributed by atoms with Crippen molar-refractivity contribution in [1.29, 1.82) is 0 Å². The normalized spacial score (nSPS) is 20.6. The van der Waals surface area contributed by atoms with Gasteiger partial charge in [-0.1, -0.05) is 6.08 Å². The summed E-state index contributed by atoms with van der Waals surface area (Å²) in [5, 5.41) is 0.806. The fourth-order valence-corrected chi connectivity index (χ4v) is 2.33. The Morgan fingerprint density at radius 3 is 3.00 bits per heavy atom. The molecule has 17 heavy (non-hydrogen) atoms. The van der Waals surface area contributed by atoms with Gasteiger partial charge in [-0.05, 0) is 49.1 Å². The van der Waals surface area contributed by atoms with E-state index < -0.39 is 0 Å². The highest BCUT2D eigenvalue weighted by Gasteiger charge is 2.15. The molecule has 1 heterocycles. The molecule has 1 atom stereocenters. The topological polar surface area (TPSA) is 39.2 Å². The van der Waals surface area contributed by atoms with Crippen LogP contribution in [0.5, 0.6) is 0 Å². The minimum atomic E-state index is -0.237. The predicted octanol–water partition coefficient (Wildman–Crippen LogP) is 3.47. The van der Waals surface area contributed by atoms with E-state index in [2.05, 4.69) is 6.08 Å². The number of halogens is 1. The summed E-state index contributed by atoms with van der Waals surface area (Å²) in [7, 11) is 0. The van der Waals surface area contributed by atoms with Crippen LogP contribution in [-0.4, -0.2) is 6.04 Å². The lowest BCUT2D eigenvalue weighted by Gasteiger charge is -2.15. The summed E-state index contributed by atoms with van der Waals surface area (Å²) in [4.78, 5) is 0. The van der Waals surface area contributed by atoms with Crippen LogP contribution in [-0.2, 0) is 0 Å². The molecule has 2 N–H and O–H groups in total. The number of rotatable bonds is 1. The summed E-state index contributed by atoms with van der Waals surface area (Å²) < 4.78 is 18.8. The summed E-state index contributed by atoms with van der Waals surface area (Å²) in [6, 6.07) is 6.57. The van der Waals surface area contributed by atoms with E-state index >= 15 is 0 Å². The standard InChI is InChI=1S/C14H14FNO/c15-11-4-5-13-10(6-11)8-14(17-13)9-2-1-3-12(16)7-9/h4-8,12H,1-3,16H2. The molecule has 3 heteroatoms. The van der Waals surface area contributed by atoms with E-state index in [-0.39, 0.29) is 11.9 Å². The third-order valence-corrected chi connectivity index (χ3v) is 3.19. The second-order valence-corrected chi connectivity index (χ2v) is 4.54. The number of fused-ring (bicyclic) bond motifs is 1. The number of allylic oxidation sites excluding steroid dienone is 1. The first-order valence-electron chi connectivity index (χ1n) is 5.88. The summed E-state index contributed by atoms with van der Waals surface area (Å²) >= 11 is 0. The van der Waals surface area contributed by atoms with E-state index in [1.807, 2.05) is 6.07 Å². The van der Waals surface area contributed by atoms with E-state index in [0.29, 0.717) is 0 Å². The third kappa shape index (κ3) is 1.98. The smallest absolute Gasteiger partial charge is 0.135 e. The van der Waals surface area contributed by atoms with Crippen molar-refractivity contribution in [2.75, 3.05) is 0 Å². The van der Waals surface area contributed by atoms with E-state index in [0.717, 1.165) is 41.6 Å². The molecule has 1 aromatic carbocycles. The molecule has 0 spiro atoms. The van der Waals surface area contributed by atoms with Crippen LogP contribution >= 0.6 is 0 Å². The largest absolute Gasteiger partial charge is 0.456 e. The zero-order valence-electron chi connectivity index (χ0n) is 9.45. The van der Waals surface area contributed by atoms with Crippen molar-refractivity contribution in [2.45, 2.75) is 25.3 Å². The maximum absolute atomic E-state index is 13.1. The number of benzene rings is 1. The van der Waals surface area contributed by atoms with Gasteiger partial charge in [0.25, 0.3) is 0 Å². The monoisotopic (exact) mass is 231 g/mol. The van der Waals surface area contributed by atoms with Crippen LogP contribution in [0.4, 0.5) is 4.39 Å². The molecular formula is C14H14FNO. The molecule has 0 saturated heterocycles. The molecule has 0 saturated carbocycles. The SMILES string of the molecule is NC1C=C(c2cc3cc(F)ccc3o2)CCC1. The Balaban J connectivity index is 2.06. The highest BCUT2D eigenvalue weighted by atomic mass is 19.1. The van der Waals surface area contributed by atoms with Crippen LogP contribution in [0.2, 0.25) is 0 Å². The lowest BCUT2D eigenvalue weighted by molar-refractivity contribution is 0.579. The van der Waals surface area contributed by atoms with Crippen LogP contribution in [0.1, 0.15) is 25.0 Å². The lowest BCUT2D eigenvalue weighted by atomic mass is 9.95. The maximum atomic E-state index is 13.1. The number of hydrogen-bond donors (Lipinski definition) is 1. The van der Waals surface area contributed by atoms with Crippen LogP contribution < -0.4 is 5.73 Å². The van der Waals surface area contributed by atoms with Crippen LogP contribution in [0, 0.1) is 5.82 Å². The van der Waals surface area contributed by atoms with Crippen molar-refractivity contribution >= 4 is 16.5 Å². The van der Waals surface area contributed by atoms with Crippen molar-refractivity contribution in [3.8, 4) is 0 Å². The summed E-state index contributed by atoms with van der Waals surface area (Å²) in [5.41, 5.74) is 7.77. The molecule has 2 nitrogen and oxygen atoms in total. The van der Waals surface area contributed by atoms with E-state index in [1.54, 1.807) is 6.07 Å². The zero-order chi connectivity index (χ0) is 11.8. The van der Waals surface area contributed by atoms with Crippen molar-refractivity contribution in [1.82, 2.24) is 0 Å². The van der Waals surface area contributed by atoms with Crippen molar-refractivity contribution < 1.29 is 8.81 Å². The van der Waals surface area contributed by atoms with Gasteiger partial charge in [0.15, 0.2) is 0 Å². The van der Waals surface area contributed by atoms with Crippen molar-refractivity contribution in [3.05, 3.63) is 41.9 Å². The Kier molecular flexibility index (Phi) is 2.48. The predicted molar refractivity (Wildman–Crippen MR) is 66.0 cm³/mol. The Hall–Kier alpha value is -1.61. The molecule has 0 fully saturated rings. The number of nitrogens with two attached hydrogens (primary N) is 1. The van der Waals surface area contributed by atoms with Gasteiger partial charge in [0, 0.05) is 11.4 Å². The first kappa shape index (κ1) is 10.5. The average molecular weight is 231 g/mol. The fraction of sp³-hybridized carbons (Fsp3) is 0.286. The molecule has 0 radical (unpaired) electrons. The van der Waals surface area contributed by atoms with E-state index in [4.69, 9.17) is 10.2 Å². The molecule has 1 aliphatic carbocycles. The van der Waals surface area contributed by atoms with Crippen LogP contribution in [0.15, 0.2) is 34.8 Å². The van der Waals surface area contributed by atoms with Gasteiger partial charge in [-0.25, -0.2) is 4.39 Å². The Morgan fingerprint density at radius 1 is 1.29 bits per heavy atom. The van der Waals surface area contributed by atoms with E-state index in [1.165, 1.54) is 12.1 Å². The molecule has 1 unspecified atom stereocenters. The molecule has 0 aliphatic heterocycles. The number of furan rings is 1. The zero-order valence-corrected chi connectivity index (χ0v) is 9.45. The minimum absolute atomic E-state index is 0.115. The Morgan fingerprint density at radius 2 is 2.18 bits per heavy atom. The van der Waals surface area contributed by atoms with Crippen molar-refractivity contribution in [3.63, 3.8) is 0 Å². The molecule has 3 rings (SSSR count). The molecule has 1 aliphatic rings. The van der Waals surface area contributed by atoms with E-state index in [9.17, 15) is 4.39 Å². The summed E-state index contributed by atoms with van der Waals surface area (Å²) in [5.74, 6) is 0.583. The van der Waals surface area contributed by atoms with Crippen LogP contribution in [0.3, 0.4) is 0 Å². The highest BCUT2D eigenvalue weighted by molar-refractivity contribution is 5.82. The number of hydrogen-bond acceptors (Lipinski definition) is 2. The molecule has 1 aromatic heterocycles. The second kappa shape index (κ2) is 4.00. The first-order chi connectivity index (χ1) is 8.22. The van der Waals surface area contributed by atoms with Crippen LogP contribution in [0.25, 0.3) is 16.5 Å². The first-order valence-corrected chi connectivity index (χ1v) is 5.88. The summed E-state index contributed by atoms with van der Waals surface area (Å²) in [6.45, 7) is 0. The third-order valence-electron chi connectivity index (χ3n) is 3.19. The van der Waals surface area contributed by atoms with Gasteiger partial charge >= 0.3 is 0 Å². The molecular weight excluding hydrogens is 217 g/mol. The molecule has 0 bridgehead atoms. The van der Waals surface area contributed by atoms with Gasteiger partial charge in [-0.15, -0.1) is 0 Å². The highest BCUT2D eigenvalue weighted by Crippen LogP contribution is 2.31. The van der Waals surface area contributed by atoms with Gasteiger partial charge in [0.05, 0.1) is 0 Å². The fourth-order valence-electron chi connectivity index (χ4n) is 2.33. The van der Waals surface area contributed by atoms with Gasteiger partial charge < -0.3 is 10.2 Å². The molecule has 88 valence electrons. The second-order valence-electron chi connectivity index (χ2n) is 4.54. The summed E-state index contributed by atoms with van der Waals surface area (Å²) in [6.07, 6.45) is 5.14. The molecule has 0 amide bonds. The van der Waals surface area contributed by atoms with Crippen molar-refractivity contribution in [2.24, 2.45) is 5.73 Å². The minimum Gasteiger partial charge on any atom is -0.456 e. The quantitative estimate of drug-likeness (QED) is 0.816. The van der Waals surface area contributed by atoms with Gasteiger partial charge in [0.1, 0.15) is 17.2 Å². The van der Waals surface area contributed by atoms with Gasteiger partial charge in [-0.2, -0.15) is 0 Å². The average Bonchev–Trinajstić information content (AvgIpc) is 2.72. The Labute approximate surface area is 98.9 Å². The van der Waals surface area contributed by atoms with Gasteiger partial charge in [0.2, 0.25) is 0 Å². The lowest BCUT2D eigenvalue weighted by Crippen LogP contribution is -2.19. The maximum Gasteiger partial charge on any atom is 0.135 e.